The third-order valence-corrected chi connectivity index (χ3v) is 5.50. The maximum absolute atomic E-state index is 11.1. The number of allylic oxidation sites excluding steroid dienone is 1. The molecule has 0 saturated carbocycles. The molecule has 2 aromatic carbocycles. The molecule has 0 bridgehead atoms. The smallest absolute Gasteiger partial charge is 0.146 e. The molecule has 0 amide bonds. The van der Waals surface area contributed by atoms with Gasteiger partial charge in [-0.1, -0.05) is 89.2 Å². The van der Waals surface area contributed by atoms with Gasteiger partial charge in [-0.25, -0.2) is 0 Å². The molecule has 0 aliphatic rings. The van der Waals surface area contributed by atoms with Gasteiger partial charge in [-0.15, -0.1) is 13.2 Å². The van der Waals surface area contributed by atoms with Crippen LogP contribution in [0, 0.1) is 11.8 Å². The lowest BCUT2D eigenvalue weighted by Gasteiger charge is -2.12. The largest absolute Gasteiger partial charge is 0.403 e. The number of nitrogens with one attached hydrogen (secondary N) is 1. The summed E-state index contributed by atoms with van der Waals surface area (Å²) < 4.78 is 0. The van der Waals surface area contributed by atoms with E-state index in [2.05, 4.69) is 82.7 Å². The first-order valence-corrected chi connectivity index (χ1v) is 12.9. The van der Waals surface area contributed by atoms with E-state index >= 15 is 0 Å². The van der Waals surface area contributed by atoms with Gasteiger partial charge in [0.1, 0.15) is 5.78 Å². The minimum absolute atomic E-state index is 0.0280. The number of ketones is 1. The topological polar surface area (TPSA) is 84.9 Å². The molecule has 0 aliphatic heterocycles. The average Bonchev–Trinajstić information content (AvgIpc) is 3.24. The Morgan fingerprint density at radius 3 is 2.11 bits per heavy atom. The van der Waals surface area contributed by atoms with Gasteiger partial charge in [-0.2, -0.15) is 0 Å². The highest BCUT2D eigenvalue weighted by Gasteiger charge is 2.11. The molecule has 0 unspecified atom stereocenters. The fourth-order valence-corrected chi connectivity index (χ4v) is 3.95. The van der Waals surface area contributed by atoms with Crippen LogP contribution in [-0.4, -0.2) is 16.8 Å². The third kappa shape index (κ3) is 14.3. The minimum atomic E-state index is -0.399. The number of carbonyl (C=O) groups excluding carboxylic acids is 1. The van der Waals surface area contributed by atoms with E-state index in [4.69, 9.17) is 11.5 Å². The summed E-state index contributed by atoms with van der Waals surface area (Å²) in [5.41, 5.74) is 15.7. The fourth-order valence-electron chi connectivity index (χ4n) is 3.95. The van der Waals surface area contributed by atoms with Crippen LogP contribution >= 0.6 is 0 Å². The van der Waals surface area contributed by atoms with Gasteiger partial charge in [0, 0.05) is 22.8 Å². The summed E-state index contributed by atoms with van der Waals surface area (Å²) in [5, 5.41) is 1.15. The van der Waals surface area contributed by atoms with Crippen molar-refractivity contribution in [1.82, 2.24) is 4.98 Å². The molecule has 1 aromatic heterocycles. The first-order valence-electron chi connectivity index (χ1n) is 12.9. The summed E-state index contributed by atoms with van der Waals surface area (Å²) in [7, 11) is 0. The number of fused-ring (bicyclic) bond motifs is 1. The molecule has 0 radical (unpaired) electrons. The van der Waals surface area contributed by atoms with Gasteiger partial charge in [0.05, 0.1) is 6.04 Å². The molecule has 1 heterocycles. The van der Waals surface area contributed by atoms with Crippen LogP contribution in [-0.2, 0) is 17.6 Å². The molecular formula is C32H49N3O. The highest BCUT2D eigenvalue weighted by molar-refractivity contribution is 5.85. The van der Waals surface area contributed by atoms with E-state index in [9.17, 15) is 4.79 Å². The number of H-pyrrole nitrogens is 1. The SMILES string of the molecule is C=C.C=C(N)C[C@H](C)CC(C)C.CC(=O)[C@@H](N)Cc1c[nH]c2ccccc12.CCCc1ccccc1. The van der Waals surface area contributed by atoms with Crippen LogP contribution in [0.2, 0.25) is 0 Å². The van der Waals surface area contributed by atoms with E-state index in [0.717, 1.165) is 34.5 Å². The molecule has 5 N–H and O–H groups in total. The van der Waals surface area contributed by atoms with Gasteiger partial charge < -0.3 is 16.5 Å². The van der Waals surface area contributed by atoms with E-state index in [1.807, 2.05) is 30.5 Å². The Labute approximate surface area is 219 Å². The van der Waals surface area contributed by atoms with Crippen LogP contribution in [0.4, 0.5) is 0 Å². The van der Waals surface area contributed by atoms with Crippen molar-refractivity contribution in [3.8, 4) is 0 Å². The molecule has 0 saturated heterocycles. The van der Waals surface area contributed by atoms with E-state index in [0.29, 0.717) is 12.3 Å². The molecular weight excluding hydrogens is 442 g/mol. The van der Waals surface area contributed by atoms with Crippen molar-refractivity contribution in [2.75, 3.05) is 0 Å². The molecule has 3 aromatic rings. The number of nitrogens with two attached hydrogens (primary N) is 2. The van der Waals surface area contributed by atoms with Gasteiger partial charge in [0.25, 0.3) is 0 Å². The number of benzene rings is 2. The van der Waals surface area contributed by atoms with Crippen LogP contribution in [0.3, 0.4) is 0 Å². The number of carbonyl (C=O) groups is 1. The summed E-state index contributed by atoms with van der Waals surface area (Å²) in [6.07, 6.45) is 7.19. The predicted octanol–water partition coefficient (Wildman–Crippen LogP) is 7.60. The lowest BCUT2D eigenvalue weighted by molar-refractivity contribution is -0.118. The lowest BCUT2D eigenvalue weighted by atomic mass is 9.95. The normalized spacial score (nSPS) is 11.6. The number of aryl methyl sites for hydroxylation is 1. The average molecular weight is 492 g/mol. The van der Waals surface area contributed by atoms with Gasteiger partial charge >= 0.3 is 0 Å². The van der Waals surface area contributed by atoms with Crippen LogP contribution in [0.15, 0.2) is 86.2 Å². The van der Waals surface area contributed by atoms with E-state index in [1.54, 1.807) is 0 Å². The van der Waals surface area contributed by atoms with Crippen LogP contribution < -0.4 is 11.5 Å². The zero-order valence-electron chi connectivity index (χ0n) is 23.2. The predicted molar refractivity (Wildman–Crippen MR) is 159 cm³/mol. The van der Waals surface area contributed by atoms with Gasteiger partial charge in [0.2, 0.25) is 0 Å². The fraction of sp³-hybridized carbons (Fsp3) is 0.406. The van der Waals surface area contributed by atoms with Crippen molar-refractivity contribution >= 4 is 16.7 Å². The molecule has 0 fully saturated rings. The molecule has 198 valence electrons. The second kappa shape index (κ2) is 19.1. The van der Waals surface area contributed by atoms with Gasteiger partial charge in [0.15, 0.2) is 0 Å². The van der Waals surface area contributed by atoms with Crippen LogP contribution in [0.5, 0.6) is 0 Å². The number of aromatic amines is 1. The van der Waals surface area contributed by atoms with Crippen molar-refractivity contribution in [3.05, 3.63) is 97.4 Å². The maximum Gasteiger partial charge on any atom is 0.146 e. The second-order valence-electron chi connectivity index (χ2n) is 9.61. The maximum atomic E-state index is 11.1. The Kier molecular flexibility index (Phi) is 17.5. The molecule has 4 heteroatoms. The number of aromatic nitrogens is 1. The second-order valence-corrected chi connectivity index (χ2v) is 9.61. The zero-order chi connectivity index (χ0) is 27.5. The molecule has 0 aliphatic carbocycles. The van der Waals surface area contributed by atoms with Crippen LogP contribution in [0.25, 0.3) is 10.9 Å². The lowest BCUT2D eigenvalue weighted by Crippen LogP contribution is -2.30. The quantitative estimate of drug-likeness (QED) is 0.269. The molecule has 3 rings (SSSR count). The third-order valence-electron chi connectivity index (χ3n) is 5.50. The summed E-state index contributed by atoms with van der Waals surface area (Å²) in [6, 6.07) is 18.2. The van der Waals surface area contributed by atoms with Crippen molar-refractivity contribution < 1.29 is 4.79 Å². The summed E-state index contributed by atoms with van der Waals surface area (Å²) in [6.45, 7) is 20.1. The number of para-hydroxylation sites is 1. The first-order chi connectivity index (χ1) is 17.1. The monoisotopic (exact) mass is 491 g/mol. The standard InChI is InChI=1S/C12H14N2O.C9H19N.C9H12.C2H4/c1-8(15)11(13)6-9-7-14-12-5-3-2-4-10(9)12;1-7(2)5-8(3)6-9(4)10;1-2-6-9-7-4-3-5-8-9;1-2/h2-5,7,11,14H,6,13H2,1H3;7-8H,4-6,10H2,1-3H3;3-5,7-8H,2,6H2,1H3;1-2H2/t11-;8-;;/m01../s1. The molecule has 0 spiro atoms. The van der Waals surface area contributed by atoms with E-state index in [1.165, 1.54) is 31.7 Å². The molecule has 2 atom stereocenters. The van der Waals surface area contributed by atoms with E-state index in [-0.39, 0.29) is 5.78 Å². The Morgan fingerprint density at radius 2 is 1.58 bits per heavy atom. The van der Waals surface area contributed by atoms with Gasteiger partial charge in [-0.3, -0.25) is 4.79 Å². The Hall–Kier alpha value is -3.11. The van der Waals surface area contributed by atoms with Gasteiger partial charge in [-0.05, 0) is 61.6 Å². The van der Waals surface area contributed by atoms with E-state index < -0.39 is 6.04 Å². The number of rotatable bonds is 9. The number of hydrogen-bond acceptors (Lipinski definition) is 3. The Bertz CT molecular complexity index is 991. The minimum Gasteiger partial charge on any atom is -0.403 e. The highest BCUT2D eigenvalue weighted by atomic mass is 16.1. The first kappa shape index (κ1) is 32.9. The Morgan fingerprint density at radius 1 is 1.00 bits per heavy atom. The summed E-state index contributed by atoms with van der Waals surface area (Å²) in [4.78, 5) is 14.2. The van der Waals surface area contributed by atoms with Crippen molar-refractivity contribution in [1.29, 1.82) is 0 Å². The number of hydrogen-bond donors (Lipinski definition) is 3. The Balaban J connectivity index is 0.000000515. The van der Waals surface area contributed by atoms with Crippen LogP contribution in [0.1, 0.15) is 65.0 Å². The summed E-state index contributed by atoms with van der Waals surface area (Å²) in [5.74, 6) is 1.49. The van der Waals surface area contributed by atoms with Crippen molar-refractivity contribution in [2.45, 2.75) is 72.8 Å². The molecule has 4 nitrogen and oxygen atoms in total. The molecule has 36 heavy (non-hydrogen) atoms. The highest BCUT2D eigenvalue weighted by Crippen LogP contribution is 2.19. The van der Waals surface area contributed by atoms with Crippen molar-refractivity contribution in [3.63, 3.8) is 0 Å². The number of Topliss-reactive ketones (excluding diaryl/α,β-unsaturated/α-hetero) is 1. The zero-order valence-corrected chi connectivity index (χ0v) is 23.2. The van der Waals surface area contributed by atoms with Crippen molar-refractivity contribution in [2.24, 2.45) is 23.3 Å². The summed E-state index contributed by atoms with van der Waals surface area (Å²) >= 11 is 0.